The molecule has 1 amide bonds. The molecule has 0 spiro atoms. The number of fused-ring (bicyclic) bond motifs is 1. The maximum absolute atomic E-state index is 12.7. The first kappa shape index (κ1) is 20.4. The van der Waals surface area contributed by atoms with Crippen molar-refractivity contribution < 1.29 is 19.2 Å². The van der Waals surface area contributed by atoms with Crippen molar-refractivity contribution in [2.45, 2.75) is 13.0 Å². The van der Waals surface area contributed by atoms with Crippen LogP contribution in [0.15, 0.2) is 36.4 Å². The normalized spacial score (nSPS) is 16.4. The van der Waals surface area contributed by atoms with E-state index in [1.807, 2.05) is 17.0 Å². The van der Waals surface area contributed by atoms with Crippen LogP contribution in [-0.4, -0.2) is 60.0 Å². The van der Waals surface area contributed by atoms with Crippen molar-refractivity contribution in [2.75, 3.05) is 39.4 Å². The van der Waals surface area contributed by atoms with Crippen LogP contribution in [0.5, 0.6) is 11.5 Å². The van der Waals surface area contributed by atoms with E-state index in [1.165, 1.54) is 6.07 Å². The van der Waals surface area contributed by atoms with Gasteiger partial charge in [0.2, 0.25) is 5.91 Å². The first-order valence-corrected chi connectivity index (χ1v) is 10.2. The van der Waals surface area contributed by atoms with Gasteiger partial charge in [0.05, 0.1) is 16.4 Å². The lowest BCUT2D eigenvalue weighted by Gasteiger charge is -2.35. The molecular weight excluding hydrogens is 410 g/mol. The Morgan fingerprint density at radius 3 is 2.60 bits per heavy atom. The van der Waals surface area contributed by atoms with Crippen molar-refractivity contribution in [1.82, 2.24) is 9.80 Å². The van der Waals surface area contributed by atoms with E-state index in [0.717, 1.165) is 24.2 Å². The third-order valence-electron chi connectivity index (χ3n) is 5.26. The quantitative estimate of drug-likeness (QED) is 0.534. The summed E-state index contributed by atoms with van der Waals surface area (Å²) in [5, 5.41) is 11.4. The van der Waals surface area contributed by atoms with Crippen LogP contribution in [0.3, 0.4) is 0 Å². The number of non-ortho nitro benzene ring substituents is 1. The molecule has 2 aromatic carbocycles. The molecule has 1 fully saturated rings. The van der Waals surface area contributed by atoms with Crippen molar-refractivity contribution in [3.63, 3.8) is 0 Å². The summed E-state index contributed by atoms with van der Waals surface area (Å²) in [4.78, 5) is 27.3. The van der Waals surface area contributed by atoms with E-state index in [4.69, 9.17) is 21.1 Å². The Morgan fingerprint density at radius 1 is 1.07 bits per heavy atom. The zero-order valence-electron chi connectivity index (χ0n) is 16.4. The largest absolute Gasteiger partial charge is 0.486 e. The molecule has 9 heteroatoms. The second-order valence-electron chi connectivity index (χ2n) is 7.36. The molecule has 2 aliphatic rings. The molecule has 2 heterocycles. The molecule has 2 aliphatic heterocycles. The highest BCUT2D eigenvalue weighted by molar-refractivity contribution is 6.32. The average molecular weight is 432 g/mol. The fourth-order valence-corrected chi connectivity index (χ4v) is 4.02. The predicted molar refractivity (Wildman–Crippen MR) is 111 cm³/mol. The monoisotopic (exact) mass is 431 g/mol. The van der Waals surface area contributed by atoms with Crippen molar-refractivity contribution in [1.29, 1.82) is 0 Å². The molecular formula is C21H22ClN3O5. The van der Waals surface area contributed by atoms with Gasteiger partial charge >= 0.3 is 0 Å². The Hall–Kier alpha value is -2.84. The highest BCUT2D eigenvalue weighted by atomic mass is 35.5. The number of ether oxygens (including phenoxy) is 2. The Balaban J connectivity index is 1.32. The lowest BCUT2D eigenvalue weighted by molar-refractivity contribution is -0.384. The number of carbonyl (C=O) groups is 1. The number of rotatable bonds is 5. The number of nitro groups is 1. The van der Waals surface area contributed by atoms with E-state index in [-0.39, 0.29) is 22.9 Å². The van der Waals surface area contributed by atoms with E-state index in [2.05, 4.69) is 4.90 Å². The van der Waals surface area contributed by atoms with E-state index >= 15 is 0 Å². The van der Waals surface area contributed by atoms with E-state index in [9.17, 15) is 14.9 Å². The fourth-order valence-electron chi connectivity index (χ4n) is 3.73. The van der Waals surface area contributed by atoms with Crippen LogP contribution in [0.2, 0.25) is 5.02 Å². The van der Waals surface area contributed by atoms with Gasteiger partial charge < -0.3 is 14.4 Å². The number of nitro benzene ring substituents is 1. The number of amides is 1. The van der Waals surface area contributed by atoms with Crippen molar-refractivity contribution in [2.24, 2.45) is 0 Å². The average Bonchev–Trinajstić information content (AvgIpc) is 2.74. The Morgan fingerprint density at radius 2 is 1.83 bits per heavy atom. The summed E-state index contributed by atoms with van der Waals surface area (Å²) in [6, 6.07) is 10.2. The first-order chi connectivity index (χ1) is 14.5. The molecule has 0 N–H and O–H groups in total. The van der Waals surface area contributed by atoms with Crippen LogP contribution >= 0.6 is 11.6 Å². The Kier molecular flexibility index (Phi) is 6.06. The maximum Gasteiger partial charge on any atom is 0.269 e. The molecule has 0 aromatic heterocycles. The zero-order chi connectivity index (χ0) is 21.1. The van der Waals surface area contributed by atoms with Crippen LogP contribution in [0.25, 0.3) is 0 Å². The van der Waals surface area contributed by atoms with Gasteiger partial charge in [-0.3, -0.25) is 19.8 Å². The highest BCUT2D eigenvalue weighted by Crippen LogP contribution is 2.38. The minimum absolute atomic E-state index is 0.0396. The lowest BCUT2D eigenvalue weighted by Crippen LogP contribution is -2.48. The standard InChI is InChI=1S/C21H22ClN3O5/c22-18-11-16(12-19-21(18)30-9-8-29-19)13-20(26)24-6-4-23(5-7-24)14-15-2-1-3-17(10-15)25(27)28/h1-3,10-12H,4-9,13-14H2. The van der Waals surface area contributed by atoms with Crippen LogP contribution in [-0.2, 0) is 17.8 Å². The van der Waals surface area contributed by atoms with Gasteiger partial charge in [-0.15, -0.1) is 0 Å². The number of piperazine rings is 1. The molecule has 0 aliphatic carbocycles. The van der Waals surface area contributed by atoms with Gasteiger partial charge in [-0.25, -0.2) is 0 Å². The first-order valence-electron chi connectivity index (χ1n) is 9.81. The van der Waals surface area contributed by atoms with E-state index in [1.54, 1.807) is 18.2 Å². The van der Waals surface area contributed by atoms with Gasteiger partial charge in [-0.2, -0.15) is 0 Å². The summed E-state index contributed by atoms with van der Waals surface area (Å²) in [6.07, 6.45) is 0.251. The highest BCUT2D eigenvalue weighted by Gasteiger charge is 2.23. The smallest absolute Gasteiger partial charge is 0.269 e. The van der Waals surface area contributed by atoms with E-state index in [0.29, 0.717) is 49.4 Å². The van der Waals surface area contributed by atoms with Gasteiger partial charge in [-0.1, -0.05) is 23.7 Å². The fraction of sp³-hybridized carbons (Fsp3) is 0.381. The molecule has 158 valence electrons. The molecule has 0 atom stereocenters. The molecule has 0 saturated carbocycles. The predicted octanol–water partition coefficient (Wildman–Crippen LogP) is 2.91. The topological polar surface area (TPSA) is 85.2 Å². The second kappa shape index (κ2) is 8.89. The molecule has 8 nitrogen and oxygen atoms in total. The number of hydrogen-bond acceptors (Lipinski definition) is 6. The molecule has 0 unspecified atom stereocenters. The van der Waals surface area contributed by atoms with Crippen LogP contribution in [0.1, 0.15) is 11.1 Å². The van der Waals surface area contributed by atoms with Crippen LogP contribution < -0.4 is 9.47 Å². The third-order valence-corrected chi connectivity index (χ3v) is 5.55. The number of benzene rings is 2. The van der Waals surface area contributed by atoms with Gasteiger partial charge in [-0.05, 0) is 23.3 Å². The van der Waals surface area contributed by atoms with Crippen molar-refractivity contribution in [3.05, 3.63) is 62.7 Å². The van der Waals surface area contributed by atoms with Gasteiger partial charge in [0, 0.05) is 44.9 Å². The molecule has 2 aromatic rings. The third kappa shape index (κ3) is 4.66. The summed E-state index contributed by atoms with van der Waals surface area (Å²) in [6.45, 7) is 4.23. The number of nitrogens with zero attached hydrogens (tertiary/aromatic N) is 3. The lowest BCUT2D eigenvalue weighted by atomic mass is 10.1. The summed E-state index contributed by atoms with van der Waals surface area (Å²) < 4.78 is 11.1. The summed E-state index contributed by atoms with van der Waals surface area (Å²) in [5.74, 6) is 1.16. The molecule has 4 rings (SSSR count). The van der Waals surface area contributed by atoms with Gasteiger partial charge in [0.15, 0.2) is 11.5 Å². The molecule has 0 radical (unpaired) electrons. The zero-order valence-corrected chi connectivity index (χ0v) is 17.1. The number of hydrogen-bond donors (Lipinski definition) is 0. The summed E-state index contributed by atoms with van der Waals surface area (Å²) >= 11 is 6.26. The van der Waals surface area contributed by atoms with E-state index < -0.39 is 0 Å². The van der Waals surface area contributed by atoms with Gasteiger partial charge in [0.25, 0.3) is 5.69 Å². The number of halogens is 1. The Bertz CT molecular complexity index is 960. The second-order valence-corrected chi connectivity index (χ2v) is 7.77. The van der Waals surface area contributed by atoms with Crippen LogP contribution in [0, 0.1) is 10.1 Å². The summed E-state index contributed by atoms with van der Waals surface area (Å²) in [5.41, 5.74) is 1.79. The number of carbonyl (C=O) groups excluding carboxylic acids is 1. The minimum atomic E-state index is -0.385. The van der Waals surface area contributed by atoms with Gasteiger partial charge in [0.1, 0.15) is 13.2 Å². The molecule has 1 saturated heterocycles. The minimum Gasteiger partial charge on any atom is -0.486 e. The van der Waals surface area contributed by atoms with Crippen LogP contribution in [0.4, 0.5) is 5.69 Å². The summed E-state index contributed by atoms with van der Waals surface area (Å²) in [7, 11) is 0. The molecule has 0 bridgehead atoms. The van der Waals surface area contributed by atoms with Crippen molar-refractivity contribution >= 4 is 23.2 Å². The SMILES string of the molecule is O=C(Cc1cc(Cl)c2c(c1)OCCO2)N1CCN(Cc2cccc([N+](=O)[O-])c2)CC1. The molecule has 30 heavy (non-hydrogen) atoms. The Labute approximate surface area is 179 Å². The van der Waals surface area contributed by atoms with Crippen molar-refractivity contribution in [3.8, 4) is 11.5 Å². The maximum atomic E-state index is 12.7.